The highest BCUT2D eigenvalue weighted by Gasteiger charge is 2.46. The highest BCUT2D eigenvalue weighted by atomic mass is 16.5. The molecule has 2 rings (SSSR count). The molecule has 2 heteroatoms. The average molecular weight is 183 g/mol. The minimum atomic E-state index is 0.469. The summed E-state index contributed by atoms with van der Waals surface area (Å²) in [6.07, 6.45) is 4.27. The van der Waals surface area contributed by atoms with Crippen LogP contribution in [-0.2, 0) is 4.74 Å². The van der Waals surface area contributed by atoms with Gasteiger partial charge in [0.25, 0.3) is 0 Å². The Morgan fingerprint density at radius 1 is 1.46 bits per heavy atom. The third kappa shape index (κ3) is 2.05. The fourth-order valence-electron chi connectivity index (χ4n) is 2.17. The van der Waals surface area contributed by atoms with Gasteiger partial charge in [0, 0.05) is 18.7 Å². The molecule has 1 saturated heterocycles. The lowest BCUT2D eigenvalue weighted by Crippen LogP contribution is -2.39. The van der Waals surface area contributed by atoms with Gasteiger partial charge in [-0.1, -0.05) is 13.8 Å². The van der Waals surface area contributed by atoms with Crippen LogP contribution in [0.4, 0.5) is 0 Å². The number of ether oxygens (including phenoxy) is 1. The average Bonchev–Trinajstić information content (AvgIpc) is 2.58. The van der Waals surface area contributed by atoms with Crippen LogP contribution in [0, 0.1) is 5.41 Å². The Morgan fingerprint density at radius 2 is 2.15 bits per heavy atom. The van der Waals surface area contributed by atoms with Gasteiger partial charge in [-0.2, -0.15) is 0 Å². The summed E-state index contributed by atoms with van der Waals surface area (Å²) in [4.78, 5) is 0. The lowest BCUT2D eigenvalue weighted by molar-refractivity contribution is 0.0821. The Labute approximate surface area is 81.0 Å². The van der Waals surface area contributed by atoms with E-state index in [1.165, 1.54) is 19.3 Å². The summed E-state index contributed by atoms with van der Waals surface area (Å²) in [6, 6.07) is 1.26. The maximum Gasteiger partial charge on any atom is 0.0726 e. The van der Waals surface area contributed by atoms with Crippen LogP contribution in [0.25, 0.3) is 0 Å². The van der Waals surface area contributed by atoms with Gasteiger partial charge < -0.3 is 10.1 Å². The zero-order chi connectivity index (χ0) is 9.47. The molecule has 0 spiro atoms. The summed E-state index contributed by atoms with van der Waals surface area (Å²) in [6.45, 7) is 7.87. The normalized spacial score (nSPS) is 39.0. The highest BCUT2D eigenvalue weighted by molar-refractivity contribution is 5.03. The van der Waals surface area contributed by atoms with Crippen molar-refractivity contribution in [3.63, 3.8) is 0 Å². The predicted molar refractivity (Wildman–Crippen MR) is 53.8 cm³/mol. The lowest BCUT2D eigenvalue weighted by atomic mass is 10.1. The molecule has 2 nitrogen and oxygen atoms in total. The minimum absolute atomic E-state index is 0.469. The van der Waals surface area contributed by atoms with Crippen LogP contribution in [0.1, 0.15) is 40.0 Å². The van der Waals surface area contributed by atoms with Crippen molar-refractivity contribution in [2.24, 2.45) is 5.41 Å². The predicted octanol–water partition coefficient (Wildman–Crippen LogP) is 1.94. The summed E-state index contributed by atoms with van der Waals surface area (Å²) >= 11 is 0. The van der Waals surface area contributed by atoms with Gasteiger partial charge >= 0.3 is 0 Å². The van der Waals surface area contributed by atoms with Crippen LogP contribution in [0.2, 0.25) is 0 Å². The number of nitrogens with one attached hydrogen (secondary N) is 1. The van der Waals surface area contributed by atoms with Crippen LogP contribution in [0.15, 0.2) is 0 Å². The van der Waals surface area contributed by atoms with Crippen molar-refractivity contribution < 1.29 is 4.74 Å². The van der Waals surface area contributed by atoms with Crippen LogP contribution in [-0.4, -0.2) is 24.8 Å². The molecule has 0 amide bonds. The first-order valence-electron chi connectivity index (χ1n) is 5.47. The Bertz CT molecular complexity index is 185. The molecular weight excluding hydrogens is 162 g/mol. The van der Waals surface area contributed by atoms with Crippen molar-refractivity contribution in [1.29, 1.82) is 0 Å². The zero-order valence-corrected chi connectivity index (χ0v) is 8.97. The molecule has 1 saturated carbocycles. The van der Waals surface area contributed by atoms with Gasteiger partial charge in [-0.15, -0.1) is 0 Å². The van der Waals surface area contributed by atoms with Crippen LogP contribution in [0.3, 0.4) is 0 Å². The van der Waals surface area contributed by atoms with E-state index in [1.807, 2.05) is 0 Å². The fourth-order valence-corrected chi connectivity index (χ4v) is 2.17. The van der Waals surface area contributed by atoms with Crippen LogP contribution >= 0.6 is 0 Å². The number of hydrogen-bond acceptors (Lipinski definition) is 2. The smallest absolute Gasteiger partial charge is 0.0726 e. The van der Waals surface area contributed by atoms with Crippen molar-refractivity contribution >= 4 is 0 Å². The first kappa shape index (κ1) is 9.47. The van der Waals surface area contributed by atoms with Gasteiger partial charge in [-0.3, -0.25) is 0 Å². The molecule has 3 unspecified atom stereocenters. The van der Waals surface area contributed by atoms with Crippen molar-refractivity contribution in [1.82, 2.24) is 5.32 Å². The van der Waals surface area contributed by atoms with E-state index in [0.29, 0.717) is 17.6 Å². The summed E-state index contributed by atoms with van der Waals surface area (Å²) in [5.74, 6) is 0. The van der Waals surface area contributed by atoms with Gasteiger partial charge in [0.15, 0.2) is 0 Å². The first-order chi connectivity index (χ1) is 6.09. The maximum absolute atomic E-state index is 5.65. The molecule has 0 aromatic rings. The summed E-state index contributed by atoms with van der Waals surface area (Å²) in [5, 5.41) is 3.66. The third-order valence-electron chi connectivity index (χ3n) is 3.50. The first-order valence-corrected chi connectivity index (χ1v) is 5.47. The van der Waals surface area contributed by atoms with E-state index < -0.39 is 0 Å². The van der Waals surface area contributed by atoms with E-state index in [2.05, 4.69) is 26.1 Å². The molecule has 0 bridgehead atoms. The van der Waals surface area contributed by atoms with Crippen molar-refractivity contribution in [3.8, 4) is 0 Å². The summed E-state index contributed by atoms with van der Waals surface area (Å²) in [5.41, 5.74) is 0.535. The molecular formula is C11H21NO. The second-order valence-corrected chi connectivity index (χ2v) is 5.25. The fraction of sp³-hybridized carbons (Fsp3) is 1.00. The second kappa shape index (κ2) is 3.25. The Hall–Kier alpha value is -0.0800. The standard InChI is InChI=1S/C11H21NO/c1-8(9-5-4-6-13-9)12-10-7-11(10,2)3/h8-10,12H,4-7H2,1-3H3. The molecule has 76 valence electrons. The topological polar surface area (TPSA) is 21.3 Å². The van der Waals surface area contributed by atoms with E-state index in [4.69, 9.17) is 4.74 Å². The van der Waals surface area contributed by atoms with E-state index in [1.54, 1.807) is 0 Å². The van der Waals surface area contributed by atoms with Crippen molar-refractivity contribution in [2.45, 2.75) is 58.2 Å². The quantitative estimate of drug-likeness (QED) is 0.722. The van der Waals surface area contributed by atoms with E-state index in [0.717, 1.165) is 12.6 Å². The molecule has 0 aromatic heterocycles. The number of rotatable bonds is 3. The monoisotopic (exact) mass is 183 g/mol. The van der Waals surface area contributed by atoms with E-state index >= 15 is 0 Å². The van der Waals surface area contributed by atoms with Crippen LogP contribution in [0.5, 0.6) is 0 Å². The molecule has 1 aliphatic heterocycles. The molecule has 1 N–H and O–H groups in total. The van der Waals surface area contributed by atoms with Gasteiger partial charge in [0.05, 0.1) is 6.10 Å². The van der Waals surface area contributed by atoms with Crippen molar-refractivity contribution in [2.75, 3.05) is 6.61 Å². The summed E-state index contributed by atoms with van der Waals surface area (Å²) < 4.78 is 5.65. The molecule has 13 heavy (non-hydrogen) atoms. The molecule has 3 atom stereocenters. The molecule has 1 heterocycles. The Kier molecular flexibility index (Phi) is 2.37. The van der Waals surface area contributed by atoms with Gasteiger partial charge in [0.1, 0.15) is 0 Å². The summed E-state index contributed by atoms with van der Waals surface area (Å²) in [7, 11) is 0. The largest absolute Gasteiger partial charge is 0.377 e. The highest BCUT2D eigenvalue weighted by Crippen LogP contribution is 2.45. The Balaban J connectivity index is 1.75. The molecule has 2 fully saturated rings. The molecule has 1 aliphatic carbocycles. The lowest BCUT2D eigenvalue weighted by Gasteiger charge is -2.20. The van der Waals surface area contributed by atoms with Gasteiger partial charge in [-0.25, -0.2) is 0 Å². The third-order valence-corrected chi connectivity index (χ3v) is 3.50. The van der Waals surface area contributed by atoms with E-state index in [9.17, 15) is 0 Å². The van der Waals surface area contributed by atoms with Crippen molar-refractivity contribution in [3.05, 3.63) is 0 Å². The van der Waals surface area contributed by atoms with Crippen LogP contribution < -0.4 is 5.32 Å². The molecule has 0 radical (unpaired) electrons. The molecule has 2 aliphatic rings. The Morgan fingerprint density at radius 3 is 2.62 bits per heavy atom. The number of hydrogen-bond donors (Lipinski definition) is 1. The SMILES string of the molecule is CC(NC1CC1(C)C)C1CCCO1. The van der Waals surface area contributed by atoms with E-state index in [-0.39, 0.29) is 0 Å². The second-order valence-electron chi connectivity index (χ2n) is 5.25. The van der Waals surface area contributed by atoms with Gasteiger partial charge in [0.2, 0.25) is 0 Å². The zero-order valence-electron chi connectivity index (χ0n) is 8.97. The van der Waals surface area contributed by atoms with Gasteiger partial charge in [-0.05, 0) is 31.6 Å². The maximum atomic E-state index is 5.65. The minimum Gasteiger partial charge on any atom is -0.377 e. The molecule has 0 aromatic carbocycles.